The first-order valence-electron chi connectivity index (χ1n) is 8.11. The molecule has 9 nitrogen and oxygen atoms in total. The molecule has 0 bridgehead atoms. The van der Waals surface area contributed by atoms with Crippen molar-refractivity contribution in [1.29, 1.82) is 0 Å². The summed E-state index contributed by atoms with van der Waals surface area (Å²) in [6.07, 6.45) is 6.22. The summed E-state index contributed by atoms with van der Waals surface area (Å²) < 4.78 is 6.78. The monoisotopic (exact) mass is 339 g/mol. The van der Waals surface area contributed by atoms with E-state index < -0.39 is 0 Å². The highest BCUT2D eigenvalue weighted by Gasteiger charge is 2.27. The van der Waals surface area contributed by atoms with Gasteiger partial charge in [-0.3, -0.25) is 4.79 Å². The van der Waals surface area contributed by atoms with Crippen LogP contribution in [0.15, 0.2) is 35.5 Å². The molecule has 1 aliphatic rings. The Morgan fingerprint density at radius 3 is 2.84 bits per heavy atom. The zero-order valence-electron chi connectivity index (χ0n) is 13.7. The third-order valence-electron chi connectivity index (χ3n) is 4.32. The van der Waals surface area contributed by atoms with Gasteiger partial charge in [0.25, 0.3) is 5.91 Å². The summed E-state index contributed by atoms with van der Waals surface area (Å²) in [5, 5.41) is 7.88. The predicted molar refractivity (Wildman–Crippen MR) is 86.1 cm³/mol. The van der Waals surface area contributed by atoms with Crippen molar-refractivity contribution in [1.82, 2.24) is 34.8 Å². The van der Waals surface area contributed by atoms with Gasteiger partial charge in [0.05, 0.1) is 0 Å². The summed E-state index contributed by atoms with van der Waals surface area (Å²) in [6, 6.07) is 3.45. The normalized spacial score (nSPS) is 15.5. The van der Waals surface area contributed by atoms with Crippen LogP contribution in [0.4, 0.5) is 0 Å². The van der Waals surface area contributed by atoms with Crippen LogP contribution in [-0.4, -0.2) is 53.8 Å². The van der Waals surface area contributed by atoms with Crippen molar-refractivity contribution in [2.24, 2.45) is 0 Å². The molecule has 0 radical (unpaired) electrons. The molecule has 128 valence electrons. The van der Waals surface area contributed by atoms with Gasteiger partial charge in [-0.1, -0.05) is 5.16 Å². The van der Waals surface area contributed by atoms with E-state index in [2.05, 4.69) is 25.2 Å². The second-order valence-corrected chi connectivity index (χ2v) is 5.99. The van der Waals surface area contributed by atoms with Crippen LogP contribution >= 0.6 is 0 Å². The van der Waals surface area contributed by atoms with Crippen LogP contribution in [0.1, 0.15) is 40.8 Å². The first kappa shape index (κ1) is 15.4. The molecule has 0 aromatic carbocycles. The molecule has 0 atom stereocenters. The van der Waals surface area contributed by atoms with Gasteiger partial charge in [0.1, 0.15) is 12.7 Å². The fourth-order valence-corrected chi connectivity index (χ4v) is 2.99. The highest BCUT2D eigenvalue weighted by atomic mass is 16.5. The number of nitrogens with zero attached hydrogens (tertiary/aromatic N) is 7. The fourth-order valence-electron chi connectivity index (χ4n) is 2.99. The van der Waals surface area contributed by atoms with E-state index in [1.165, 1.54) is 11.0 Å². The smallest absolute Gasteiger partial charge is 0.254 e. The van der Waals surface area contributed by atoms with Crippen LogP contribution in [-0.2, 0) is 0 Å². The molecule has 1 fully saturated rings. The van der Waals surface area contributed by atoms with E-state index in [4.69, 9.17) is 4.52 Å². The summed E-state index contributed by atoms with van der Waals surface area (Å²) in [4.78, 5) is 27.0. The van der Waals surface area contributed by atoms with Crippen LogP contribution in [0.3, 0.4) is 0 Å². The molecule has 1 aliphatic heterocycles. The van der Waals surface area contributed by atoms with Gasteiger partial charge in [0, 0.05) is 30.8 Å². The van der Waals surface area contributed by atoms with E-state index in [0.717, 1.165) is 12.8 Å². The number of piperidine rings is 1. The fraction of sp³-hybridized carbons (Fsp3) is 0.375. The maximum atomic E-state index is 12.8. The van der Waals surface area contributed by atoms with Crippen molar-refractivity contribution in [2.45, 2.75) is 25.7 Å². The largest absolute Gasteiger partial charge is 0.339 e. The second kappa shape index (κ2) is 6.42. The molecule has 0 saturated carbocycles. The summed E-state index contributed by atoms with van der Waals surface area (Å²) in [5.41, 5.74) is 0.590. The van der Waals surface area contributed by atoms with Crippen molar-refractivity contribution in [3.63, 3.8) is 0 Å². The van der Waals surface area contributed by atoms with E-state index in [-0.39, 0.29) is 11.8 Å². The lowest BCUT2D eigenvalue weighted by Gasteiger charge is -2.30. The third-order valence-corrected chi connectivity index (χ3v) is 4.32. The molecule has 3 aromatic rings. The number of likely N-dealkylation sites (tertiary alicyclic amines) is 1. The Morgan fingerprint density at radius 2 is 2.16 bits per heavy atom. The van der Waals surface area contributed by atoms with Crippen LogP contribution in [0.25, 0.3) is 5.82 Å². The van der Waals surface area contributed by atoms with E-state index in [1.807, 2.05) is 11.8 Å². The van der Waals surface area contributed by atoms with Crippen molar-refractivity contribution < 1.29 is 9.32 Å². The molecular formula is C16H17N7O2. The van der Waals surface area contributed by atoms with E-state index in [1.54, 1.807) is 24.7 Å². The molecule has 3 aromatic heterocycles. The lowest BCUT2D eigenvalue weighted by molar-refractivity contribution is 0.0704. The average molecular weight is 339 g/mol. The first-order valence-corrected chi connectivity index (χ1v) is 8.11. The number of aryl methyl sites for hydroxylation is 1. The Hall–Kier alpha value is -3.10. The maximum Gasteiger partial charge on any atom is 0.254 e. The lowest BCUT2D eigenvalue weighted by atomic mass is 9.96. The molecule has 1 saturated heterocycles. The van der Waals surface area contributed by atoms with Crippen LogP contribution in [0, 0.1) is 6.92 Å². The van der Waals surface area contributed by atoms with E-state index in [9.17, 15) is 4.79 Å². The highest BCUT2D eigenvalue weighted by Crippen LogP contribution is 2.27. The summed E-state index contributed by atoms with van der Waals surface area (Å²) in [6.45, 7) is 3.12. The molecule has 9 heteroatoms. The molecule has 0 aliphatic carbocycles. The molecule has 0 N–H and O–H groups in total. The number of hydrogen-bond donors (Lipinski definition) is 0. The number of rotatable bonds is 3. The number of aromatic nitrogens is 6. The van der Waals surface area contributed by atoms with Gasteiger partial charge < -0.3 is 9.42 Å². The first-order chi connectivity index (χ1) is 12.2. The molecular weight excluding hydrogens is 322 g/mol. The Bertz CT molecular complexity index is 866. The van der Waals surface area contributed by atoms with Crippen LogP contribution < -0.4 is 0 Å². The molecule has 4 heterocycles. The minimum absolute atomic E-state index is 0.0103. The van der Waals surface area contributed by atoms with Gasteiger partial charge in [-0.25, -0.2) is 14.6 Å². The van der Waals surface area contributed by atoms with Crippen molar-refractivity contribution in [3.05, 3.63) is 48.3 Å². The Kier molecular flexibility index (Phi) is 3.96. The van der Waals surface area contributed by atoms with Crippen LogP contribution in [0.2, 0.25) is 0 Å². The van der Waals surface area contributed by atoms with Gasteiger partial charge in [-0.05, 0) is 31.9 Å². The third kappa shape index (κ3) is 3.12. The quantitative estimate of drug-likeness (QED) is 0.710. The number of carbonyl (C=O) groups is 1. The topological polar surface area (TPSA) is 103 Å². The van der Waals surface area contributed by atoms with Gasteiger partial charge in [-0.2, -0.15) is 10.1 Å². The van der Waals surface area contributed by atoms with Crippen LogP contribution in [0.5, 0.6) is 0 Å². The zero-order chi connectivity index (χ0) is 17.2. The van der Waals surface area contributed by atoms with E-state index in [0.29, 0.717) is 36.2 Å². The van der Waals surface area contributed by atoms with E-state index >= 15 is 0 Å². The molecule has 0 spiro atoms. The Balaban J connectivity index is 1.45. The number of pyridine rings is 1. The SMILES string of the molecule is Cc1noc(C2CCN(C(=O)c3ccnc(-n4cncn4)c3)CC2)n1. The number of carbonyl (C=O) groups excluding carboxylic acids is 1. The summed E-state index contributed by atoms with van der Waals surface area (Å²) >= 11 is 0. The Labute approximate surface area is 143 Å². The summed E-state index contributed by atoms with van der Waals surface area (Å²) in [7, 11) is 0. The minimum atomic E-state index is -0.0103. The molecule has 25 heavy (non-hydrogen) atoms. The van der Waals surface area contributed by atoms with Crippen molar-refractivity contribution >= 4 is 5.91 Å². The van der Waals surface area contributed by atoms with Gasteiger partial charge in [0.2, 0.25) is 5.89 Å². The maximum absolute atomic E-state index is 12.8. The number of amides is 1. The van der Waals surface area contributed by atoms with Gasteiger partial charge in [-0.15, -0.1) is 0 Å². The van der Waals surface area contributed by atoms with Crippen molar-refractivity contribution in [3.8, 4) is 5.82 Å². The number of hydrogen-bond acceptors (Lipinski definition) is 7. The van der Waals surface area contributed by atoms with Crippen molar-refractivity contribution in [2.75, 3.05) is 13.1 Å². The lowest BCUT2D eigenvalue weighted by Crippen LogP contribution is -2.38. The van der Waals surface area contributed by atoms with Gasteiger partial charge >= 0.3 is 0 Å². The molecule has 1 amide bonds. The molecule has 4 rings (SSSR count). The minimum Gasteiger partial charge on any atom is -0.339 e. The second-order valence-electron chi connectivity index (χ2n) is 5.99. The zero-order valence-corrected chi connectivity index (χ0v) is 13.7. The predicted octanol–water partition coefficient (Wildman–Crippen LogP) is 1.37. The Morgan fingerprint density at radius 1 is 1.32 bits per heavy atom. The standard InChI is InChI=1S/C16H17N7O2/c1-11-20-15(25-21-11)12-3-6-22(7-4-12)16(24)13-2-5-18-14(8-13)23-10-17-9-19-23/h2,5,8-10,12H,3-4,6-7H2,1H3. The highest BCUT2D eigenvalue weighted by molar-refractivity contribution is 5.94. The summed E-state index contributed by atoms with van der Waals surface area (Å²) in [5.74, 6) is 2.09. The molecule has 0 unspecified atom stereocenters. The average Bonchev–Trinajstić information content (AvgIpc) is 3.33. The van der Waals surface area contributed by atoms with Gasteiger partial charge in [0.15, 0.2) is 11.6 Å².